The highest BCUT2D eigenvalue weighted by atomic mass is 79.9. The van der Waals surface area contributed by atoms with Crippen LogP contribution in [0.4, 0.5) is 11.4 Å². The zero-order chi connectivity index (χ0) is 14.7. The lowest BCUT2D eigenvalue weighted by molar-refractivity contribution is -0.385. The first-order valence-electron chi connectivity index (χ1n) is 5.46. The lowest BCUT2D eigenvalue weighted by Crippen LogP contribution is -2.04. The lowest BCUT2D eigenvalue weighted by Gasteiger charge is -2.06. The predicted octanol–water partition coefficient (Wildman–Crippen LogP) is 3.73. The standard InChI is InChI=1S/C12H9BrN2O4S/c13-9-3-4-20-11(9)6-14-7-1-2-8(12(16)17)10(5-7)15(18)19/h1-5,14H,6H2,(H,16,17). The molecule has 0 saturated heterocycles. The number of carboxylic acids is 1. The van der Waals surface area contributed by atoms with Gasteiger partial charge in [0.05, 0.1) is 11.5 Å². The molecule has 20 heavy (non-hydrogen) atoms. The molecule has 8 heteroatoms. The van der Waals surface area contributed by atoms with Crippen LogP contribution < -0.4 is 5.32 Å². The van der Waals surface area contributed by atoms with Gasteiger partial charge in [0.15, 0.2) is 0 Å². The summed E-state index contributed by atoms with van der Waals surface area (Å²) in [5, 5.41) is 24.7. The van der Waals surface area contributed by atoms with Crippen molar-refractivity contribution in [1.82, 2.24) is 0 Å². The number of rotatable bonds is 5. The van der Waals surface area contributed by atoms with Crippen LogP contribution in [0.15, 0.2) is 34.1 Å². The van der Waals surface area contributed by atoms with Crippen molar-refractivity contribution < 1.29 is 14.8 Å². The fourth-order valence-corrected chi connectivity index (χ4v) is 3.04. The van der Waals surface area contributed by atoms with Gasteiger partial charge in [0, 0.05) is 21.1 Å². The molecule has 2 N–H and O–H groups in total. The minimum Gasteiger partial charge on any atom is -0.477 e. The molecule has 0 saturated carbocycles. The molecule has 0 bridgehead atoms. The number of nitro benzene ring substituents is 1. The number of nitro groups is 1. The zero-order valence-electron chi connectivity index (χ0n) is 10.00. The Morgan fingerprint density at radius 3 is 2.75 bits per heavy atom. The molecule has 0 fully saturated rings. The molecule has 0 aliphatic carbocycles. The number of thiophene rings is 1. The van der Waals surface area contributed by atoms with Gasteiger partial charge in [0.1, 0.15) is 5.56 Å². The maximum absolute atomic E-state index is 10.9. The highest BCUT2D eigenvalue weighted by Gasteiger charge is 2.20. The summed E-state index contributed by atoms with van der Waals surface area (Å²) in [6.45, 7) is 0.502. The largest absolute Gasteiger partial charge is 0.477 e. The van der Waals surface area contributed by atoms with Gasteiger partial charge in [-0.25, -0.2) is 4.79 Å². The highest BCUT2D eigenvalue weighted by molar-refractivity contribution is 9.10. The van der Waals surface area contributed by atoms with Crippen LogP contribution in [0.1, 0.15) is 15.2 Å². The van der Waals surface area contributed by atoms with Crippen LogP contribution in [0, 0.1) is 10.1 Å². The third-order valence-corrected chi connectivity index (χ3v) is 4.50. The molecule has 2 aromatic rings. The van der Waals surface area contributed by atoms with E-state index < -0.39 is 16.6 Å². The Labute approximate surface area is 126 Å². The molecule has 2 rings (SSSR count). The maximum atomic E-state index is 10.9. The average Bonchev–Trinajstić information content (AvgIpc) is 2.81. The second kappa shape index (κ2) is 6.02. The van der Waals surface area contributed by atoms with E-state index in [-0.39, 0.29) is 5.56 Å². The number of nitrogens with one attached hydrogen (secondary N) is 1. The Kier molecular flexibility index (Phi) is 4.35. The number of nitrogens with zero attached hydrogens (tertiary/aromatic N) is 1. The molecule has 0 aliphatic rings. The quantitative estimate of drug-likeness (QED) is 0.628. The van der Waals surface area contributed by atoms with Crippen molar-refractivity contribution in [1.29, 1.82) is 0 Å². The van der Waals surface area contributed by atoms with Crippen molar-refractivity contribution in [3.05, 3.63) is 54.7 Å². The summed E-state index contributed by atoms with van der Waals surface area (Å²) in [4.78, 5) is 22.1. The van der Waals surface area contributed by atoms with Crippen LogP contribution in [-0.4, -0.2) is 16.0 Å². The van der Waals surface area contributed by atoms with Crippen LogP contribution in [0.25, 0.3) is 0 Å². The van der Waals surface area contributed by atoms with E-state index in [4.69, 9.17) is 5.11 Å². The van der Waals surface area contributed by atoms with E-state index in [1.54, 1.807) is 11.3 Å². The normalized spacial score (nSPS) is 10.2. The van der Waals surface area contributed by atoms with Gasteiger partial charge in [-0.1, -0.05) is 0 Å². The summed E-state index contributed by atoms with van der Waals surface area (Å²) in [5.41, 5.74) is -0.243. The second-order valence-corrected chi connectivity index (χ2v) is 5.69. The van der Waals surface area contributed by atoms with Gasteiger partial charge >= 0.3 is 5.97 Å². The monoisotopic (exact) mass is 356 g/mol. The smallest absolute Gasteiger partial charge is 0.342 e. The summed E-state index contributed by atoms with van der Waals surface area (Å²) < 4.78 is 0.964. The van der Waals surface area contributed by atoms with Crippen molar-refractivity contribution in [3.8, 4) is 0 Å². The average molecular weight is 357 g/mol. The molecule has 1 aromatic carbocycles. The van der Waals surface area contributed by atoms with E-state index in [1.165, 1.54) is 18.2 Å². The van der Waals surface area contributed by atoms with Crippen LogP contribution in [0.2, 0.25) is 0 Å². The lowest BCUT2D eigenvalue weighted by atomic mass is 10.1. The summed E-state index contributed by atoms with van der Waals surface area (Å²) >= 11 is 4.94. The zero-order valence-corrected chi connectivity index (χ0v) is 12.4. The van der Waals surface area contributed by atoms with Gasteiger partial charge in [-0.2, -0.15) is 0 Å². The van der Waals surface area contributed by atoms with Crippen molar-refractivity contribution in [2.75, 3.05) is 5.32 Å². The molecule has 1 aromatic heterocycles. The molecule has 6 nitrogen and oxygen atoms in total. The summed E-state index contributed by atoms with van der Waals surface area (Å²) in [5.74, 6) is -1.32. The number of anilines is 1. The molecule has 1 heterocycles. The fourth-order valence-electron chi connectivity index (χ4n) is 1.61. The first kappa shape index (κ1) is 14.5. The SMILES string of the molecule is O=C(O)c1ccc(NCc2sccc2Br)cc1[N+](=O)[O-]. The number of benzene rings is 1. The first-order valence-corrected chi connectivity index (χ1v) is 7.14. The molecule has 0 amide bonds. The number of carbonyl (C=O) groups is 1. The third-order valence-electron chi connectivity index (χ3n) is 2.57. The predicted molar refractivity (Wildman–Crippen MR) is 79.4 cm³/mol. The number of hydrogen-bond acceptors (Lipinski definition) is 5. The third kappa shape index (κ3) is 3.14. The van der Waals surface area contributed by atoms with Crippen molar-refractivity contribution in [2.24, 2.45) is 0 Å². The second-order valence-electron chi connectivity index (χ2n) is 3.84. The van der Waals surface area contributed by atoms with Gasteiger partial charge in [-0.05, 0) is 39.5 Å². The van der Waals surface area contributed by atoms with Crippen LogP contribution in [0.3, 0.4) is 0 Å². The molecule has 0 unspecified atom stereocenters. The Hall–Kier alpha value is -1.93. The van der Waals surface area contributed by atoms with Gasteiger partial charge in [0.2, 0.25) is 0 Å². The molecule has 0 aliphatic heterocycles. The van der Waals surface area contributed by atoms with E-state index >= 15 is 0 Å². The minimum absolute atomic E-state index is 0.321. The van der Waals surface area contributed by atoms with Gasteiger partial charge < -0.3 is 10.4 Å². The number of hydrogen-bond donors (Lipinski definition) is 2. The highest BCUT2D eigenvalue weighted by Crippen LogP contribution is 2.26. The van der Waals surface area contributed by atoms with E-state index in [0.29, 0.717) is 12.2 Å². The Morgan fingerprint density at radius 1 is 1.45 bits per heavy atom. The molecule has 104 valence electrons. The van der Waals surface area contributed by atoms with Crippen molar-refractivity contribution in [2.45, 2.75) is 6.54 Å². The van der Waals surface area contributed by atoms with Gasteiger partial charge in [-0.3, -0.25) is 10.1 Å². The van der Waals surface area contributed by atoms with Crippen LogP contribution in [0.5, 0.6) is 0 Å². The fraction of sp³-hybridized carbons (Fsp3) is 0.0833. The Morgan fingerprint density at radius 2 is 2.20 bits per heavy atom. The Bertz CT molecular complexity index is 671. The first-order chi connectivity index (χ1) is 9.49. The van der Waals surface area contributed by atoms with E-state index in [0.717, 1.165) is 9.35 Å². The van der Waals surface area contributed by atoms with Crippen LogP contribution >= 0.6 is 27.3 Å². The Balaban J connectivity index is 2.21. The molecular formula is C12H9BrN2O4S. The molecule has 0 spiro atoms. The van der Waals surface area contributed by atoms with E-state index in [2.05, 4.69) is 21.2 Å². The number of halogens is 1. The van der Waals surface area contributed by atoms with Gasteiger partial charge in [0.25, 0.3) is 5.69 Å². The molecule has 0 radical (unpaired) electrons. The number of aromatic carboxylic acids is 1. The molecule has 0 atom stereocenters. The van der Waals surface area contributed by atoms with E-state index in [1.807, 2.05) is 11.4 Å². The van der Waals surface area contributed by atoms with Crippen molar-refractivity contribution >= 4 is 44.6 Å². The van der Waals surface area contributed by atoms with Crippen molar-refractivity contribution in [3.63, 3.8) is 0 Å². The summed E-state index contributed by atoms with van der Waals surface area (Å²) in [6.07, 6.45) is 0. The van der Waals surface area contributed by atoms with Crippen LogP contribution in [-0.2, 0) is 6.54 Å². The minimum atomic E-state index is -1.32. The summed E-state index contributed by atoms with van der Waals surface area (Å²) in [7, 11) is 0. The van der Waals surface area contributed by atoms with Gasteiger partial charge in [-0.15, -0.1) is 11.3 Å². The topological polar surface area (TPSA) is 92.5 Å². The number of carboxylic acid groups (broad SMARTS) is 1. The maximum Gasteiger partial charge on any atom is 0.342 e. The van der Waals surface area contributed by atoms with E-state index in [9.17, 15) is 14.9 Å². The molecular weight excluding hydrogens is 348 g/mol. The summed E-state index contributed by atoms with van der Waals surface area (Å²) in [6, 6.07) is 5.88.